The average molecular weight is 391 g/mol. The van der Waals surface area contributed by atoms with Crippen LogP contribution in [0.3, 0.4) is 0 Å². The zero-order chi connectivity index (χ0) is 19.1. The number of benzene rings is 3. The zero-order valence-electron chi connectivity index (χ0n) is 15.9. The minimum Gasteiger partial charge on any atom is -0.289 e. The van der Waals surface area contributed by atoms with Crippen LogP contribution in [0, 0.1) is 0 Å². The zero-order valence-corrected chi connectivity index (χ0v) is 16.7. The van der Waals surface area contributed by atoms with E-state index in [0.29, 0.717) is 0 Å². The molecule has 1 nitrogen and oxygen atoms in total. The van der Waals surface area contributed by atoms with Gasteiger partial charge >= 0.3 is 0 Å². The molecule has 0 saturated heterocycles. The van der Waals surface area contributed by atoms with E-state index in [1.54, 1.807) is 0 Å². The van der Waals surface area contributed by atoms with Gasteiger partial charge in [0.25, 0.3) is 0 Å². The molecule has 7 rings (SSSR count). The van der Waals surface area contributed by atoms with E-state index in [9.17, 15) is 4.79 Å². The number of allylic oxidation sites excluding steroid dienone is 1. The first-order chi connectivity index (χ1) is 14.3. The molecular formula is C27H18OS. The third-order valence-corrected chi connectivity index (χ3v) is 8.02. The predicted molar refractivity (Wildman–Crippen MR) is 121 cm³/mol. The Morgan fingerprint density at radius 1 is 0.793 bits per heavy atom. The van der Waals surface area contributed by atoms with E-state index in [1.807, 2.05) is 11.3 Å². The van der Waals surface area contributed by atoms with E-state index in [-0.39, 0.29) is 5.78 Å². The molecule has 0 radical (unpaired) electrons. The standard InChI is InChI=1S/C27H18OS/c28-26-20-12-10-17-16-7-5-4-6-15(16)14-22(17)24(20)25-21(26)13-11-19-18-8-2-1-3-9-23(18)29-27(19)25/h3-7,9-13H,1-2,8,14H2. The highest BCUT2D eigenvalue weighted by Gasteiger charge is 2.35. The van der Waals surface area contributed by atoms with Gasteiger partial charge in [0.1, 0.15) is 0 Å². The number of rotatable bonds is 0. The quantitative estimate of drug-likeness (QED) is 0.272. The molecule has 2 heteroatoms. The van der Waals surface area contributed by atoms with Crippen molar-refractivity contribution in [3.63, 3.8) is 0 Å². The molecule has 0 N–H and O–H groups in total. The van der Waals surface area contributed by atoms with Gasteiger partial charge in [0.15, 0.2) is 5.78 Å². The number of ketones is 1. The Balaban J connectivity index is 1.58. The summed E-state index contributed by atoms with van der Waals surface area (Å²) in [4.78, 5) is 14.7. The molecule has 138 valence electrons. The van der Waals surface area contributed by atoms with Crippen LogP contribution in [-0.4, -0.2) is 5.78 Å². The lowest BCUT2D eigenvalue weighted by Crippen LogP contribution is -1.95. The van der Waals surface area contributed by atoms with Crippen molar-refractivity contribution in [3.05, 3.63) is 87.3 Å². The van der Waals surface area contributed by atoms with Crippen LogP contribution >= 0.6 is 11.3 Å². The van der Waals surface area contributed by atoms with E-state index in [0.717, 1.165) is 30.4 Å². The SMILES string of the molecule is O=C1c2ccc3c(c2-c2c1ccc1c4c(sc21)C=CCCC4)Cc1ccccc1-3. The largest absolute Gasteiger partial charge is 0.289 e. The minimum absolute atomic E-state index is 0.190. The third kappa shape index (κ3) is 1.97. The van der Waals surface area contributed by atoms with Gasteiger partial charge in [-0.05, 0) is 82.7 Å². The van der Waals surface area contributed by atoms with E-state index >= 15 is 0 Å². The first kappa shape index (κ1) is 15.9. The number of hydrogen-bond donors (Lipinski definition) is 0. The number of hydrogen-bond acceptors (Lipinski definition) is 2. The molecule has 0 aliphatic heterocycles. The first-order valence-electron chi connectivity index (χ1n) is 10.4. The lowest BCUT2D eigenvalue weighted by atomic mass is 9.94. The van der Waals surface area contributed by atoms with Crippen molar-refractivity contribution in [2.75, 3.05) is 0 Å². The van der Waals surface area contributed by atoms with E-state index in [4.69, 9.17) is 0 Å². The minimum atomic E-state index is 0.190. The summed E-state index contributed by atoms with van der Waals surface area (Å²) in [6.07, 6.45) is 8.99. The van der Waals surface area contributed by atoms with Crippen LogP contribution in [0.2, 0.25) is 0 Å². The maximum absolute atomic E-state index is 13.3. The van der Waals surface area contributed by atoms with Crippen LogP contribution in [0.15, 0.2) is 54.6 Å². The molecule has 29 heavy (non-hydrogen) atoms. The van der Waals surface area contributed by atoms with Crippen molar-refractivity contribution < 1.29 is 4.79 Å². The van der Waals surface area contributed by atoms with Gasteiger partial charge in [-0.15, -0.1) is 11.3 Å². The summed E-state index contributed by atoms with van der Waals surface area (Å²) < 4.78 is 1.30. The Bertz CT molecular complexity index is 1420. The molecule has 0 amide bonds. The van der Waals surface area contributed by atoms with Gasteiger partial charge in [0.2, 0.25) is 0 Å². The molecule has 0 unspecified atom stereocenters. The Hall–Kier alpha value is -2.97. The van der Waals surface area contributed by atoms with Gasteiger partial charge in [0.05, 0.1) is 0 Å². The fourth-order valence-electron chi connectivity index (χ4n) is 5.48. The molecule has 0 fully saturated rings. The van der Waals surface area contributed by atoms with Gasteiger partial charge in [-0.1, -0.05) is 42.5 Å². The molecule has 0 saturated carbocycles. The number of fused-ring (bicyclic) bond motifs is 11. The van der Waals surface area contributed by atoms with E-state index < -0.39 is 0 Å². The van der Waals surface area contributed by atoms with Crippen molar-refractivity contribution in [1.82, 2.24) is 0 Å². The topological polar surface area (TPSA) is 17.1 Å². The van der Waals surface area contributed by atoms with Gasteiger partial charge in [0, 0.05) is 26.3 Å². The second-order valence-electron chi connectivity index (χ2n) is 8.28. The summed E-state index contributed by atoms with van der Waals surface area (Å²) in [5.41, 5.74) is 11.0. The molecule has 1 heterocycles. The summed E-state index contributed by atoms with van der Waals surface area (Å²) in [6, 6.07) is 17.2. The van der Waals surface area contributed by atoms with Gasteiger partial charge in [-0.25, -0.2) is 0 Å². The van der Waals surface area contributed by atoms with Crippen LogP contribution in [0.1, 0.15) is 50.3 Å². The molecule has 3 aromatic carbocycles. The van der Waals surface area contributed by atoms with E-state index in [1.165, 1.54) is 60.3 Å². The van der Waals surface area contributed by atoms with Crippen molar-refractivity contribution in [2.45, 2.75) is 25.7 Å². The Labute approximate surface area is 173 Å². The summed E-state index contributed by atoms with van der Waals surface area (Å²) in [7, 11) is 0. The summed E-state index contributed by atoms with van der Waals surface area (Å²) >= 11 is 1.87. The van der Waals surface area contributed by atoms with Crippen LogP contribution < -0.4 is 0 Å². The summed E-state index contributed by atoms with van der Waals surface area (Å²) in [5.74, 6) is 0.190. The lowest BCUT2D eigenvalue weighted by Gasteiger charge is -2.09. The van der Waals surface area contributed by atoms with Gasteiger partial charge in [-0.3, -0.25) is 4.79 Å². The van der Waals surface area contributed by atoms with Crippen molar-refractivity contribution in [1.29, 1.82) is 0 Å². The second-order valence-corrected chi connectivity index (χ2v) is 9.33. The van der Waals surface area contributed by atoms with Crippen molar-refractivity contribution in [3.8, 4) is 22.3 Å². The predicted octanol–water partition coefficient (Wildman–Crippen LogP) is 7.03. The highest BCUT2D eigenvalue weighted by molar-refractivity contribution is 7.20. The monoisotopic (exact) mass is 390 g/mol. The first-order valence-corrected chi connectivity index (χ1v) is 11.2. The highest BCUT2D eigenvalue weighted by Crippen LogP contribution is 2.51. The van der Waals surface area contributed by atoms with Crippen molar-refractivity contribution >= 4 is 33.3 Å². The van der Waals surface area contributed by atoms with Crippen molar-refractivity contribution in [2.24, 2.45) is 0 Å². The molecule has 4 aromatic rings. The number of aryl methyl sites for hydroxylation is 1. The smallest absolute Gasteiger partial charge is 0.194 e. The molecule has 0 spiro atoms. The highest BCUT2D eigenvalue weighted by atomic mass is 32.1. The summed E-state index contributed by atoms with van der Waals surface area (Å²) in [5, 5.41) is 1.35. The molecule has 3 aliphatic carbocycles. The maximum Gasteiger partial charge on any atom is 0.194 e. The fraction of sp³-hybridized carbons (Fsp3) is 0.148. The normalized spacial score (nSPS) is 15.7. The van der Waals surface area contributed by atoms with Crippen LogP contribution in [0.4, 0.5) is 0 Å². The number of carbonyl (C=O) groups is 1. The molecule has 0 atom stereocenters. The summed E-state index contributed by atoms with van der Waals surface area (Å²) in [6.45, 7) is 0. The van der Waals surface area contributed by atoms with Crippen LogP contribution in [0.5, 0.6) is 0 Å². The van der Waals surface area contributed by atoms with Gasteiger partial charge < -0.3 is 0 Å². The van der Waals surface area contributed by atoms with Gasteiger partial charge in [-0.2, -0.15) is 0 Å². The lowest BCUT2D eigenvalue weighted by molar-refractivity contribution is 0.104. The number of thiophene rings is 1. The third-order valence-electron chi connectivity index (χ3n) is 6.79. The Morgan fingerprint density at radius 2 is 1.62 bits per heavy atom. The molecule has 3 aliphatic rings. The fourth-order valence-corrected chi connectivity index (χ4v) is 6.81. The van der Waals surface area contributed by atoms with E-state index in [2.05, 4.69) is 60.7 Å². The molecular weight excluding hydrogens is 372 g/mol. The molecule has 0 bridgehead atoms. The number of carbonyl (C=O) groups excluding carboxylic acids is 1. The Kier molecular flexibility index (Phi) is 3.04. The maximum atomic E-state index is 13.3. The van der Waals surface area contributed by atoms with Crippen LogP contribution in [0.25, 0.3) is 38.4 Å². The Morgan fingerprint density at radius 3 is 2.59 bits per heavy atom. The van der Waals surface area contributed by atoms with Crippen LogP contribution in [-0.2, 0) is 12.8 Å². The second kappa shape index (κ2) is 5.55. The molecule has 1 aromatic heterocycles. The average Bonchev–Trinajstić information content (AvgIpc) is 3.32.